The van der Waals surface area contributed by atoms with Gasteiger partial charge < -0.3 is 30.4 Å². The first kappa shape index (κ1) is 29.0. The standard InChI is InChI=1S/C9H16N2O4.C4H9NO2.ClH.K/c1-7(9(13)14)10-8(12)6-11-2-4-15-5-3-11;1-3(5)4(6)7-2;;/h7H,2-6H2,1H3,(H,10,12)(H,13,14);3H,5H2,1-2H3;1H;/q;;;+1/p-1/t7-;3-;;/m00../s1. The molecular formula is C13H25ClKN3O6. The number of carboxylic acids is 1. The number of nitrogens with two attached hydrogens (primary N) is 1. The Morgan fingerprint density at radius 3 is 2.12 bits per heavy atom. The number of hydrogen-bond acceptors (Lipinski definition) is 8. The van der Waals surface area contributed by atoms with Gasteiger partial charge in [-0.1, -0.05) is 0 Å². The van der Waals surface area contributed by atoms with Gasteiger partial charge in [0.25, 0.3) is 0 Å². The third-order valence-corrected chi connectivity index (χ3v) is 2.77. The Balaban J connectivity index is -0.000000424. The number of morpholine rings is 1. The molecule has 1 aliphatic rings. The van der Waals surface area contributed by atoms with Crippen LogP contribution in [0.15, 0.2) is 0 Å². The van der Waals surface area contributed by atoms with Gasteiger partial charge in [0, 0.05) is 13.1 Å². The molecule has 1 heterocycles. The minimum Gasteiger partial charge on any atom is -0.548 e. The molecule has 3 N–H and O–H groups in total. The Bertz CT molecular complexity index is 381. The summed E-state index contributed by atoms with van der Waals surface area (Å²) in [4.78, 5) is 33.8. The number of amides is 1. The van der Waals surface area contributed by atoms with E-state index in [0.29, 0.717) is 26.3 Å². The van der Waals surface area contributed by atoms with E-state index >= 15 is 0 Å². The van der Waals surface area contributed by atoms with Crippen LogP contribution in [0.5, 0.6) is 0 Å². The third kappa shape index (κ3) is 14.6. The van der Waals surface area contributed by atoms with Gasteiger partial charge in [0.05, 0.1) is 38.9 Å². The number of carboxylic acid groups (broad SMARTS) is 1. The normalized spacial score (nSPS) is 16.0. The largest absolute Gasteiger partial charge is 1.00 e. The summed E-state index contributed by atoms with van der Waals surface area (Å²) in [6.45, 7) is 5.80. The second kappa shape index (κ2) is 16.7. The van der Waals surface area contributed by atoms with Gasteiger partial charge >= 0.3 is 57.4 Å². The minimum atomic E-state index is -1.27. The molecule has 24 heavy (non-hydrogen) atoms. The van der Waals surface area contributed by atoms with Crippen molar-refractivity contribution in [1.82, 2.24) is 10.2 Å². The van der Waals surface area contributed by atoms with Crippen LogP contribution in [0.4, 0.5) is 0 Å². The summed E-state index contributed by atoms with van der Waals surface area (Å²) in [6, 6.07) is -1.44. The van der Waals surface area contributed by atoms with E-state index in [2.05, 4.69) is 10.1 Å². The zero-order chi connectivity index (χ0) is 17.1. The van der Waals surface area contributed by atoms with Gasteiger partial charge in [0.2, 0.25) is 5.91 Å². The smallest absolute Gasteiger partial charge is 0.548 e. The van der Waals surface area contributed by atoms with Crippen molar-refractivity contribution in [3.05, 3.63) is 0 Å². The van der Waals surface area contributed by atoms with Crippen LogP contribution in [-0.2, 0) is 23.9 Å². The van der Waals surface area contributed by atoms with Crippen LogP contribution in [0.2, 0.25) is 0 Å². The van der Waals surface area contributed by atoms with Crippen molar-refractivity contribution in [2.45, 2.75) is 25.9 Å². The van der Waals surface area contributed by atoms with Crippen molar-refractivity contribution in [3.63, 3.8) is 0 Å². The molecule has 0 unspecified atom stereocenters. The molecule has 0 aliphatic carbocycles. The Kier molecular flexibility index (Phi) is 20.1. The summed E-state index contributed by atoms with van der Waals surface area (Å²) in [5.41, 5.74) is 5.07. The van der Waals surface area contributed by atoms with Crippen molar-refractivity contribution in [1.29, 1.82) is 0 Å². The maximum absolute atomic E-state index is 11.3. The molecule has 1 saturated heterocycles. The Morgan fingerprint density at radius 2 is 1.79 bits per heavy atom. The first-order valence-electron chi connectivity index (χ1n) is 6.91. The summed E-state index contributed by atoms with van der Waals surface area (Å²) < 4.78 is 9.37. The summed E-state index contributed by atoms with van der Waals surface area (Å²) in [5.74, 6) is -1.95. The zero-order valence-corrected chi connectivity index (χ0v) is 18.5. The van der Waals surface area contributed by atoms with Crippen molar-refractivity contribution in [3.8, 4) is 0 Å². The van der Waals surface area contributed by atoms with Crippen LogP contribution in [-0.4, -0.2) is 74.8 Å². The SMILES string of the molecule is COC(=O)[C@H](C)N.C[C@H](NC(=O)CN1CCOCC1)C(=O)[O-].Cl.[K+]. The van der Waals surface area contributed by atoms with Gasteiger partial charge in [0.15, 0.2) is 0 Å². The molecule has 0 aromatic carbocycles. The number of hydrogen-bond donors (Lipinski definition) is 2. The fraction of sp³-hybridized carbons (Fsp3) is 0.769. The van der Waals surface area contributed by atoms with E-state index in [0.717, 1.165) is 0 Å². The molecule has 1 amide bonds. The average Bonchev–Trinajstić information content (AvgIpc) is 2.47. The van der Waals surface area contributed by atoms with E-state index in [1.165, 1.54) is 14.0 Å². The number of nitrogens with one attached hydrogen (secondary N) is 1. The quantitative estimate of drug-likeness (QED) is 0.349. The number of carbonyl (C=O) groups is 3. The Hall–Kier alpha value is 0.216. The fourth-order valence-electron chi connectivity index (χ4n) is 1.49. The second-order valence-electron chi connectivity index (χ2n) is 4.81. The molecular weight excluding hydrogens is 369 g/mol. The van der Waals surface area contributed by atoms with Gasteiger partial charge in [0.1, 0.15) is 6.04 Å². The summed E-state index contributed by atoms with van der Waals surface area (Å²) in [5, 5.41) is 12.7. The molecule has 1 aliphatic heterocycles. The number of halogens is 1. The fourth-order valence-corrected chi connectivity index (χ4v) is 1.49. The van der Waals surface area contributed by atoms with Crippen LogP contribution in [0.25, 0.3) is 0 Å². The first-order valence-corrected chi connectivity index (χ1v) is 6.91. The van der Waals surface area contributed by atoms with Gasteiger partial charge in [-0.3, -0.25) is 14.5 Å². The number of aliphatic carboxylic acids is 1. The summed E-state index contributed by atoms with van der Waals surface area (Å²) in [6.07, 6.45) is 0. The minimum absolute atomic E-state index is 0. The first-order chi connectivity index (χ1) is 10.3. The number of methoxy groups -OCH3 is 1. The Morgan fingerprint density at radius 1 is 1.29 bits per heavy atom. The van der Waals surface area contributed by atoms with E-state index in [1.807, 2.05) is 4.90 Å². The van der Waals surface area contributed by atoms with Crippen LogP contribution in [0, 0.1) is 0 Å². The number of ether oxygens (including phenoxy) is 2. The van der Waals surface area contributed by atoms with Crippen LogP contribution in [0.1, 0.15) is 13.8 Å². The summed E-state index contributed by atoms with van der Waals surface area (Å²) in [7, 11) is 1.31. The molecule has 0 saturated carbocycles. The maximum Gasteiger partial charge on any atom is 1.00 e. The summed E-state index contributed by atoms with van der Waals surface area (Å²) >= 11 is 0. The molecule has 2 atom stereocenters. The zero-order valence-electron chi connectivity index (χ0n) is 14.6. The third-order valence-electron chi connectivity index (χ3n) is 2.77. The molecule has 11 heteroatoms. The molecule has 136 valence electrons. The van der Waals surface area contributed by atoms with Crippen molar-refractivity contribution in [2.75, 3.05) is 40.0 Å². The van der Waals surface area contributed by atoms with E-state index in [4.69, 9.17) is 10.5 Å². The molecule has 1 fully saturated rings. The molecule has 9 nitrogen and oxygen atoms in total. The van der Waals surface area contributed by atoms with Crippen molar-refractivity contribution < 1.29 is 80.3 Å². The monoisotopic (exact) mass is 393 g/mol. The van der Waals surface area contributed by atoms with Crippen LogP contribution >= 0.6 is 12.4 Å². The van der Waals surface area contributed by atoms with Crippen LogP contribution in [0.3, 0.4) is 0 Å². The number of nitrogens with zero attached hydrogens (tertiary/aromatic N) is 1. The topological polar surface area (TPSA) is 134 Å². The van der Waals surface area contributed by atoms with Gasteiger partial charge in [-0.05, 0) is 13.8 Å². The number of esters is 1. The molecule has 1 rings (SSSR count). The second-order valence-corrected chi connectivity index (χ2v) is 4.81. The van der Waals surface area contributed by atoms with E-state index in [1.54, 1.807) is 6.92 Å². The molecule has 0 radical (unpaired) electrons. The van der Waals surface area contributed by atoms with E-state index < -0.39 is 18.1 Å². The van der Waals surface area contributed by atoms with Gasteiger partial charge in [-0.25, -0.2) is 0 Å². The average molecular weight is 394 g/mol. The molecule has 0 bridgehead atoms. The van der Waals surface area contributed by atoms with E-state index in [-0.39, 0.29) is 82.2 Å². The predicted molar refractivity (Wildman–Crippen MR) is 82.8 cm³/mol. The van der Waals surface area contributed by atoms with Crippen molar-refractivity contribution >= 4 is 30.3 Å². The number of rotatable bonds is 5. The van der Waals surface area contributed by atoms with Crippen molar-refractivity contribution in [2.24, 2.45) is 5.73 Å². The predicted octanol–water partition coefficient (Wildman–Crippen LogP) is -5.49. The Labute approximate surface area is 190 Å². The van der Waals surface area contributed by atoms with Gasteiger partial charge in [-0.2, -0.15) is 0 Å². The van der Waals surface area contributed by atoms with Crippen LogP contribution < -0.4 is 67.5 Å². The van der Waals surface area contributed by atoms with Gasteiger partial charge in [-0.15, -0.1) is 12.4 Å². The molecule has 0 aromatic rings. The van der Waals surface area contributed by atoms with E-state index in [9.17, 15) is 19.5 Å². The molecule has 0 aromatic heterocycles. The number of carbonyl (C=O) groups excluding carboxylic acids is 3. The maximum atomic E-state index is 11.3. The molecule has 0 spiro atoms.